The molecule has 0 spiro atoms. The van der Waals surface area contributed by atoms with Gasteiger partial charge in [0.05, 0.1) is 0 Å². The number of hydrazine groups is 1. The Labute approximate surface area is 52.8 Å². The van der Waals surface area contributed by atoms with Gasteiger partial charge in [0, 0.05) is 0 Å². The van der Waals surface area contributed by atoms with Crippen LogP contribution in [0.15, 0.2) is 0 Å². The van der Waals surface area contributed by atoms with Crippen LogP contribution in [0.25, 0.3) is 0 Å². The van der Waals surface area contributed by atoms with Gasteiger partial charge in [-0.3, -0.25) is 10.6 Å². The molecule has 0 aromatic carbocycles. The van der Waals surface area contributed by atoms with Gasteiger partial charge in [0.2, 0.25) is 0 Å². The van der Waals surface area contributed by atoms with E-state index >= 15 is 0 Å². The van der Waals surface area contributed by atoms with Gasteiger partial charge in [-0.25, -0.2) is 0 Å². The number of rotatable bonds is 2. The Balaban J connectivity index is 3.64. The van der Waals surface area contributed by atoms with E-state index in [-0.39, 0.29) is 0 Å². The molecule has 0 aliphatic carbocycles. The molecule has 0 aliphatic rings. The topological polar surface area (TPSA) is 66.6 Å². The Morgan fingerprint density at radius 2 is 2.38 bits per heavy atom. The summed E-state index contributed by atoms with van der Waals surface area (Å²) in [6.07, 6.45) is 0. The minimum Gasteiger partial charge on any atom is -0.480 e. The van der Waals surface area contributed by atoms with Crippen LogP contribution >= 0.6 is 12.8 Å². The maximum atomic E-state index is 9.97. The summed E-state index contributed by atoms with van der Waals surface area (Å²) in [6.45, 7) is 1.44. The lowest BCUT2D eigenvalue weighted by molar-refractivity contribution is -0.140. The highest BCUT2D eigenvalue weighted by Gasteiger charge is 2.13. The molecule has 0 unspecified atom stereocenters. The number of carboxylic acid groups (broad SMARTS) is 1. The van der Waals surface area contributed by atoms with E-state index in [4.69, 9.17) is 10.9 Å². The second-order valence-electron chi connectivity index (χ2n) is 1.39. The number of hydrogen-bond acceptors (Lipinski definition) is 4. The third kappa shape index (κ3) is 2.15. The normalized spacial score (nSPS) is 14.0. The van der Waals surface area contributed by atoms with Crippen LogP contribution in [0.3, 0.4) is 0 Å². The summed E-state index contributed by atoms with van der Waals surface area (Å²) in [7, 11) is 0. The molecule has 5 heteroatoms. The van der Waals surface area contributed by atoms with Gasteiger partial charge >= 0.3 is 5.97 Å². The van der Waals surface area contributed by atoms with Crippen molar-refractivity contribution in [3.05, 3.63) is 0 Å². The Hall–Kier alpha value is -0.260. The van der Waals surface area contributed by atoms with Gasteiger partial charge in [-0.05, 0) is 6.92 Å². The van der Waals surface area contributed by atoms with E-state index < -0.39 is 12.0 Å². The minimum absolute atomic E-state index is 0.738. The molecule has 0 rings (SSSR count). The first kappa shape index (κ1) is 7.74. The van der Waals surface area contributed by atoms with Crippen LogP contribution < -0.4 is 5.84 Å². The summed E-state index contributed by atoms with van der Waals surface area (Å²) >= 11 is 3.56. The van der Waals surface area contributed by atoms with Crippen LogP contribution in [0, 0.1) is 0 Å². The summed E-state index contributed by atoms with van der Waals surface area (Å²) in [5.74, 6) is 3.97. The molecule has 8 heavy (non-hydrogen) atoms. The van der Waals surface area contributed by atoms with Crippen LogP contribution in [0.5, 0.6) is 0 Å². The predicted octanol–water partition coefficient (Wildman–Crippen LogP) is -0.520. The molecule has 0 radical (unpaired) electrons. The molecule has 0 amide bonds. The number of thiol groups is 1. The maximum absolute atomic E-state index is 9.97. The molecule has 0 saturated carbocycles. The van der Waals surface area contributed by atoms with Crippen molar-refractivity contribution in [2.24, 2.45) is 5.84 Å². The average molecular weight is 136 g/mol. The van der Waals surface area contributed by atoms with E-state index in [9.17, 15) is 4.79 Å². The molecule has 1 atom stereocenters. The van der Waals surface area contributed by atoms with Crippen LogP contribution in [-0.2, 0) is 4.79 Å². The van der Waals surface area contributed by atoms with E-state index in [1.807, 2.05) is 0 Å². The fourth-order valence-corrected chi connectivity index (χ4v) is 0.212. The van der Waals surface area contributed by atoms with Gasteiger partial charge in [0.15, 0.2) is 0 Å². The first-order valence-corrected chi connectivity index (χ1v) is 2.41. The maximum Gasteiger partial charge on any atom is 0.323 e. The van der Waals surface area contributed by atoms with E-state index in [1.54, 1.807) is 0 Å². The lowest BCUT2D eigenvalue weighted by Gasteiger charge is -2.11. The van der Waals surface area contributed by atoms with E-state index in [2.05, 4.69) is 12.8 Å². The highest BCUT2D eigenvalue weighted by molar-refractivity contribution is 7.77. The van der Waals surface area contributed by atoms with Crippen molar-refractivity contribution in [1.29, 1.82) is 0 Å². The lowest BCUT2D eigenvalue weighted by Crippen LogP contribution is -2.36. The minimum atomic E-state index is -0.984. The molecule has 0 aromatic rings. The zero-order chi connectivity index (χ0) is 6.73. The molecule has 3 N–H and O–H groups in total. The smallest absolute Gasteiger partial charge is 0.323 e. The number of carboxylic acids is 1. The summed E-state index contributed by atoms with van der Waals surface area (Å²) in [4.78, 5) is 9.97. The Bertz CT molecular complexity index is 95.3. The summed E-state index contributed by atoms with van der Waals surface area (Å²) in [5, 5.41) is 8.18. The van der Waals surface area contributed by atoms with Crippen molar-refractivity contribution < 1.29 is 9.90 Å². The van der Waals surface area contributed by atoms with Gasteiger partial charge in [-0.2, -0.15) is 4.41 Å². The van der Waals surface area contributed by atoms with Gasteiger partial charge in [-0.15, -0.1) is 0 Å². The summed E-state index contributed by atoms with van der Waals surface area (Å²) in [5.41, 5.74) is 0. The second-order valence-corrected chi connectivity index (χ2v) is 1.86. The monoisotopic (exact) mass is 136 g/mol. The summed E-state index contributed by atoms with van der Waals surface area (Å²) < 4.78 is 0.836. The molecule has 0 aromatic heterocycles. The molecular weight excluding hydrogens is 128 g/mol. The molecule has 48 valence electrons. The van der Waals surface area contributed by atoms with Gasteiger partial charge in [0.1, 0.15) is 6.04 Å². The fourth-order valence-electron chi connectivity index (χ4n) is 0.113. The lowest BCUT2D eigenvalue weighted by atomic mass is 10.4. The molecule has 0 aliphatic heterocycles. The fraction of sp³-hybridized carbons (Fsp3) is 0.667. The number of hydrogen-bond donors (Lipinski definition) is 3. The second kappa shape index (κ2) is 2.91. The highest BCUT2D eigenvalue weighted by Crippen LogP contribution is 1.92. The van der Waals surface area contributed by atoms with E-state index in [1.165, 1.54) is 6.92 Å². The number of nitrogens with zero attached hydrogens (tertiary/aromatic N) is 1. The first-order chi connectivity index (χ1) is 3.55. The van der Waals surface area contributed by atoms with Gasteiger partial charge < -0.3 is 5.11 Å². The number of aliphatic carboxylic acids is 1. The van der Waals surface area contributed by atoms with Gasteiger partial charge in [0.25, 0.3) is 0 Å². The zero-order valence-electron chi connectivity index (χ0n) is 4.40. The van der Waals surface area contributed by atoms with Crippen LogP contribution in [-0.4, -0.2) is 21.5 Å². The first-order valence-electron chi connectivity index (χ1n) is 2.01. The largest absolute Gasteiger partial charge is 0.480 e. The average Bonchev–Trinajstić information content (AvgIpc) is 1.64. The van der Waals surface area contributed by atoms with Crippen LogP contribution in [0.4, 0.5) is 0 Å². The molecular formula is C3H8N2O2S. The Morgan fingerprint density at radius 3 is 2.38 bits per heavy atom. The van der Waals surface area contributed by atoms with Crippen molar-refractivity contribution in [1.82, 2.24) is 4.41 Å². The molecule has 0 saturated heterocycles. The van der Waals surface area contributed by atoms with Crippen molar-refractivity contribution in [3.8, 4) is 0 Å². The Morgan fingerprint density at radius 1 is 2.00 bits per heavy atom. The zero-order valence-corrected chi connectivity index (χ0v) is 5.30. The molecule has 0 heterocycles. The van der Waals surface area contributed by atoms with Crippen molar-refractivity contribution in [2.45, 2.75) is 13.0 Å². The Kier molecular flexibility index (Phi) is 2.81. The standard InChI is InChI=1S/C3H8N2O2S/c1-2(3(6)7)5(4)8/h2,8H,4H2,1H3,(H,6,7)/t2-/m0/s1. The number of carbonyl (C=O) groups is 1. The van der Waals surface area contributed by atoms with Gasteiger partial charge in [-0.1, -0.05) is 12.8 Å². The van der Waals surface area contributed by atoms with E-state index in [0.29, 0.717) is 0 Å². The molecule has 0 fully saturated rings. The quantitative estimate of drug-likeness (QED) is 0.271. The van der Waals surface area contributed by atoms with Crippen LogP contribution in [0.1, 0.15) is 6.92 Å². The third-order valence-corrected chi connectivity index (χ3v) is 1.10. The van der Waals surface area contributed by atoms with Crippen molar-refractivity contribution in [3.63, 3.8) is 0 Å². The van der Waals surface area contributed by atoms with Crippen molar-refractivity contribution >= 4 is 18.8 Å². The predicted molar refractivity (Wildman–Crippen MR) is 32.1 cm³/mol. The van der Waals surface area contributed by atoms with Crippen LogP contribution in [0.2, 0.25) is 0 Å². The third-order valence-electron chi connectivity index (χ3n) is 0.754. The highest BCUT2D eigenvalue weighted by atomic mass is 32.1. The van der Waals surface area contributed by atoms with E-state index in [0.717, 1.165) is 4.41 Å². The summed E-state index contributed by atoms with van der Waals surface area (Å²) in [6, 6.07) is -0.738. The molecule has 4 nitrogen and oxygen atoms in total. The van der Waals surface area contributed by atoms with Crippen molar-refractivity contribution in [2.75, 3.05) is 0 Å². The molecule has 0 bridgehead atoms. The SMILES string of the molecule is C[C@@H](C(=O)O)N(N)S. The number of nitrogens with two attached hydrogens (primary N) is 1.